The lowest BCUT2D eigenvalue weighted by atomic mass is 10.1. The van der Waals surface area contributed by atoms with Gasteiger partial charge in [-0.25, -0.2) is 0 Å². The molecule has 0 saturated carbocycles. The monoisotopic (exact) mass is 496 g/mol. The van der Waals surface area contributed by atoms with Gasteiger partial charge in [-0.15, -0.1) is 0 Å². The van der Waals surface area contributed by atoms with Crippen molar-refractivity contribution in [3.05, 3.63) is 144 Å². The highest BCUT2D eigenvalue weighted by Gasteiger charge is 2.16. The van der Waals surface area contributed by atoms with Crippen LogP contribution < -0.4 is 9.80 Å². The second kappa shape index (κ2) is 11.4. The third-order valence-corrected chi connectivity index (χ3v) is 7.10. The van der Waals surface area contributed by atoms with Crippen LogP contribution in [-0.4, -0.2) is 0 Å². The van der Waals surface area contributed by atoms with Gasteiger partial charge in [0, 0.05) is 34.1 Å². The molecule has 0 spiro atoms. The molecule has 5 aromatic carbocycles. The fraction of sp³-hybridized carbons (Fsp3) is 0.167. The van der Waals surface area contributed by atoms with Gasteiger partial charge in [-0.1, -0.05) is 73.5 Å². The Morgan fingerprint density at radius 2 is 0.711 bits per heavy atom. The molecule has 0 bridgehead atoms. The van der Waals surface area contributed by atoms with Gasteiger partial charge in [0.15, 0.2) is 0 Å². The molecule has 0 heterocycles. The van der Waals surface area contributed by atoms with Crippen LogP contribution in [-0.2, 0) is 12.8 Å². The lowest BCUT2D eigenvalue weighted by Crippen LogP contribution is -2.12. The van der Waals surface area contributed by atoms with Crippen LogP contribution in [0.1, 0.15) is 36.1 Å². The molecule has 0 radical (unpaired) electrons. The number of hydrogen-bond acceptors (Lipinski definition) is 2. The van der Waals surface area contributed by atoms with Crippen molar-refractivity contribution < 1.29 is 0 Å². The molecule has 2 heteroatoms. The number of rotatable bonds is 8. The zero-order valence-corrected chi connectivity index (χ0v) is 22.9. The summed E-state index contributed by atoms with van der Waals surface area (Å²) in [5.74, 6) is 0. The summed E-state index contributed by atoms with van der Waals surface area (Å²) >= 11 is 0. The molecule has 5 aromatic rings. The topological polar surface area (TPSA) is 6.48 Å². The van der Waals surface area contributed by atoms with Crippen molar-refractivity contribution in [1.29, 1.82) is 0 Å². The second-order valence-corrected chi connectivity index (χ2v) is 9.91. The molecular weight excluding hydrogens is 460 g/mol. The van der Waals surface area contributed by atoms with Crippen LogP contribution in [0.15, 0.2) is 121 Å². The van der Waals surface area contributed by atoms with E-state index in [2.05, 4.69) is 159 Å². The molecule has 0 atom stereocenters. The van der Waals surface area contributed by atoms with E-state index in [9.17, 15) is 0 Å². The van der Waals surface area contributed by atoms with Crippen LogP contribution in [0, 0.1) is 13.8 Å². The number of nitrogens with zero attached hydrogens (tertiary/aromatic N) is 2. The van der Waals surface area contributed by atoms with Crippen molar-refractivity contribution >= 4 is 34.1 Å². The van der Waals surface area contributed by atoms with E-state index in [-0.39, 0.29) is 0 Å². The van der Waals surface area contributed by atoms with Gasteiger partial charge >= 0.3 is 0 Å². The predicted molar refractivity (Wildman–Crippen MR) is 164 cm³/mol. The zero-order valence-electron chi connectivity index (χ0n) is 22.9. The van der Waals surface area contributed by atoms with Crippen LogP contribution >= 0.6 is 0 Å². The van der Waals surface area contributed by atoms with E-state index in [1.807, 2.05) is 0 Å². The summed E-state index contributed by atoms with van der Waals surface area (Å²) in [6.07, 6.45) is 2.02. The minimum atomic E-state index is 1.01. The molecule has 0 amide bonds. The summed E-state index contributed by atoms with van der Waals surface area (Å²) in [5, 5.41) is 0. The average molecular weight is 497 g/mol. The first-order chi connectivity index (χ1) is 18.6. The van der Waals surface area contributed by atoms with Crippen LogP contribution in [0.3, 0.4) is 0 Å². The smallest absolute Gasteiger partial charge is 0.0464 e. The molecule has 0 aliphatic rings. The summed E-state index contributed by atoms with van der Waals surface area (Å²) in [7, 11) is 0. The van der Waals surface area contributed by atoms with Crippen molar-refractivity contribution in [2.75, 3.05) is 9.80 Å². The molecular formula is C36H36N2. The second-order valence-electron chi connectivity index (χ2n) is 9.91. The van der Waals surface area contributed by atoms with Gasteiger partial charge in [-0.2, -0.15) is 0 Å². The average Bonchev–Trinajstić information content (AvgIpc) is 2.96. The first-order valence-electron chi connectivity index (χ1n) is 13.6. The molecule has 5 rings (SSSR count). The highest BCUT2D eigenvalue weighted by Crippen LogP contribution is 2.39. The predicted octanol–water partition coefficient (Wildman–Crippen LogP) is 10.4. The Bertz CT molecular complexity index is 1370. The molecule has 0 aliphatic carbocycles. The summed E-state index contributed by atoms with van der Waals surface area (Å²) in [6.45, 7) is 8.68. The van der Waals surface area contributed by atoms with Crippen molar-refractivity contribution in [2.24, 2.45) is 0 Å². The summed E-state index contributed by atoms with van der Waals surface area (Å²) in [6, 6.07) is 44.2. The van der Waals surface area contributed by atoms with Gasteiger partial charge < -0.3 is 9.80 Å². The Balaban J connectivity index is 1.59. The fourth-order valence-electron chi connectivity index (χ4n) is 4.86. The third-order valence-electron chi connectivity index (χ3n) is 7.10. The maximum atomic E-state index is 2.34. The van der Waals surface area contributed by atoms with E-state index < -0.39 is 0 Å². The Morgan fingerprint density at radius 3 is 1.03 bits per heavy atom. The van der Waals surface area contributed by atoms with Crippen LogP contribution in [0.25, 0.3) is 0 Å². The van der Waals surface area contributed by atoms with Crippen molar-refractivity contribution in [2.45, 2.75) is 40.5 Å². The van der Waals surface area contributed by atoms with Gasteiger partial charge in [0.2, 0.25) is 0 Å². The normalized spacial score (nSPS) is 10.8. The zero-order chi connectivity index (χ0) is 26.5. The molecule has 0 aromatic heterocycles. The maximum Gasteiger partial charge on any atom is 0.0464 e. The summed E-state index contributed by atoms with van der Waals surface area (Å²) in [4.78, 5) is 4.69. The maximum absolute atomic E-state index is 2.34. The Hall–Kier alpha value is -4.30. The Kier molecular flexibility index (Phi) is 7.60. The molecule has 0 unspecified atom stereocenters. The Morgan fingerprint density at radius 1 is 0.395 bits per heavy atom. The van der Waals surface area contributed by atoms with Crippen molar-refractivity contribution in [3.63, 3.8) is 0 Å². The van der Waals surface area contributed by atoms with Crippen molar-refractivity contribution in [1.82, 2.24) is 0 Å². The van der Waals surface area contributed by atoms with E-state index in [1.165, 1.54) is 33.6 Å². The van der Waals surface area contributed by atoms with E-state index in [0.29, 0.717) is 0 Å². The summed E-state index contributed by atoms with van der Waals surface area (Å²) < 4.78 is 0. The quantitative estimate of drug-likeness (QED) is 0.211. The minimum Gasteiger partial charge on any atom is -0.310 e. The van der Waals surface area contributed by atoms with E-state index in [1.54, 1.807) is 0 Å². The molecule has 2 nitrogen and oxygen atoms in total. The highest BCUT2D eigenvalue weighted by atomic mass is 15.2. The number of aryl methyl sites for hydroxylation is 4. The van der Waals surface area contributed by atoms with Gasteiger partial charge in [0.05, 0.1) is 0 Å². The van der Waals surface area contributed by atoms with Crippen LogP contribution in [0.2, 0.25) is 0 Å². The molecule has 38 heavy (non-hydrogen) atoms. The number of benzene rings is 5. The number of anilines is 6. The lowest BCUT2D eigenvalue weighted by Gasteiger charge is -2.29. The number of hydrogen-bond donors (Lipinski definition) is 0. The van der Waals surface area contributed by atoms with Crippen molar-refractivity contribution in [3.8, 4) is 0 Å². The molecule has 0 aliphatic heterocycles. The third kappa shape index (κ3) is 5.50. The van der Waals surface area contributed by atoms with Gasteiger partial charge in [0.25, 0.3) is 0 Å². The molecule has 0 fully saturated rings. The lowest BCUT2D eigenvalue weighted by molar-refractivity contribution is 1.13. The highest BCUT2D eigenvalue weighted by molar-refractivity contribution is 5.81. The Labute approximate surface area is 227 Å². The van der Waals surface area contributed by atoms with E-state index >= 15 is 0 Å². The van der Waals surface area contributed by atoms with E-state index in [4.69, 9.17) is 0 Å². The van der Waals surface area contributed by atoms with E-state index in [0.717, 1.165) is 35.6 Å². The molecule has 190 valence electrons. The first-order valence-corrected chi connectivity index (χ1v) is 13.6. The SMILES string of the molecule is CCc1cccc(N(c2ccc(C)cc2)c2ccc(N(c3ccc(C)cc3)c3cccc(CC)c3)cc2)c1. The first kappa shape index (κ1) is 25.4. The largest absolute Gasteiger partial charge is 0.310 e. The summed E-state index contributed by atoms with van der Waals surface area (Å²) in [5.41, 5.74) is 12.1. The van der Waals surface area contributed by atoms with Gasteiger partial charge in [-0.05, 0) is 111 Å². The van der Waals surface area contributed by atoms with Crippen LogP contribution in [0.5, 0.6) is 0 Å². The molecule has 0 saturated heterocycles. The minimum absolute atomic E-state index is 1.01. The van der Waals surface area contributed by atoms with Gasteiger partial charge in [0.1, 0.15) is 0 Å². The van der Waals surface area contributed by atoms with Crippen LogP contribution in [0.4, 0.5) is 34.1 Å². The fourth-order valence-corrected chi connectivity index (χ4v) is 4.86. The standard InChI is InChI=1S/C36H36N2/c1-5-29-9-7-11-35(25-29)37(31-17-13-27(3)14-18-31)33-21-23-34(24-22-33)38(32-19-15-28(4)16-20-32)36-12-8-10-30(6-2)26-36/h7-26H,5-6H2,1-4H3. The molecule has 0 N–H and O–H groups in total. The van der Waals surface area contributed by atoms with Gasteiger partial charge in [-0.3, -0.25) is 0 Å².